The van der Waals surface area contributed by atoms with Gasteiger partial charge in [0.25, 0.3) is 0 Å². The largest absolute Gasteiger partial charge is 0.464 e. The summed E-state index contributed by atoms with van der Waals surface area (Å²) >= 11 is 0. The van der Waals surface area contributed by atoms with E-state index in [9.17, 15) is 9.59 Å². The van der Waals surface area contributed by atoms with E-state index < -0.39 is 6.04 Å². The second kappa shape index (κ2) is 6.60. The number of ether oxygens (including phenoxy) is 1. The predicted octanol–water partition coefficient (Wildman–Crippen LogP) is 3.04. The van der Waals surface area contributed by atoms with Crippen molar-refractivity contribution in [1.82, 2.24) is 0 Å². The van der Waals surface area contributed by atoms with Gasteiger partial charge in [-0.15, -0.1) is 0 Å². The average molecular weight is 318 g/mol. The van der Waals surface area contributed by atoms with Gasteiger partial charge in [-0.3, -0.25) is 9.69 Å². The van der Waals surface area contributed by atoms with Gasteiger partial charge in [0, 0.05) is 0 Å². The van der Waals surface area contributed by atoms with Crippen LogP contribution >= 0.6 is 0 Å². The number of esters is 1. The van der Waals surface area contributed by atoms with Crippen molar-refractivity contribution in [2.45, 2.75) is 53.6 Å². The van der Waals surface area contributed by atoms with Gasteiger partial charge < -0.3 is 10.1 Å². The Morgan fingerprint density at radius 1 is 1.26 bits per heavy atom. The molecule has 0 saturated carbocycles. The van der Waals surface area contributed by atoms with Crippen LogP contribution in [0.3, 0.4) is 0 Å². The molecule has 2 rings (SSSR count). The Labute approximate surface area is 138 Å². The molecule has 1 heterocycles. The number of hydrogen-bond acceptors (Lipinski definition) is 4. The van der Waals surface area contributed by atoms with Gasteiger partial charge in [-0.1, -0.05) is 13.8 Å². The van der Waals surface area contributed by atoms with Crippen LogP contribution in [-0.2, 0) is 14.3 Å². The second-order valence-electron chi connectivity index (χ2n) is 6.73. The summed E-state index contributed by atoms with van der Waals surface area (Å²) in [7, 11) is 0. The lowest BCUT2D eigenvalue weighted by Gasteiger charge is -2.37. The third-order valence-electron chi connectivity index (χ3n) is 4.14. The van der Waals surface area contributed by atoms with Gasteiger partial charge in [-0.2, -0.15) is 0 Å². The van der Waals surface area contributed by atoms with Crippen molar-refractivity contribution in [3.63, 3.8) is 0 Å². The quantitative estimate of drug-likeness (QED) is 0.867. The van der Waals surface area contributed by atoms with E-state index in [1.165, 1.54) is 0 Å². The van der Waals surface area contributed by atoms with Gasteiger partial charge in [-0.05, 0) is 56.9 Å². The fourth-order valence-corrected chi connectivity index (χ4v) is 2.61. The summed E-state index contributed by atoms with van der Waals surface area (Å²) in [5.41, 5.74) is 3.85. The molecule has 1 N–H and O–H groups in total. The number of fused-ring (bicyclic) bond motifs is 1. The molecule has 5 nitrogen and oxygen atoms in total. The van der Waals surface area contributed by atoms with Gasteiger partial charge in [0.05, 0.1) is 18.0 Å². The highest BCUT2D eigenvalue weighted by atomic mass is 16.5. The zero-order valence-corrected chi connectivity index (χ0v) is 14.8. The minimum atomic E-state index is -0.647. The summed E-state index contributed by atoms with van der Waals surface area (Å²) in [6.45, 7) is 11.9. The first-order valence-corrected chi connectivity index (χ1v) is 8.09. The zero-order valence-electron chi connectivity index (χ0n) is 14.8. The molecule has 1 aliphatic heterocycles. The fraction of sp³-hybridized carbons (Fsp3) is 0.556. The van der Waals surface area contributed by atoms with Crippen molar-refractivity contribution >= 4 is 23.3 Å². The lowest BCUT2D eigenvalue weighted by Crippen LogP contribution is -2.52. The third kappa shape index (κ3) is 3.49. The molecule has 1 amide bonds. The molecular formula is C18H26N2O3. The lowest BCUT2D eigenvalue weighted by molar-refractivity contribution is -0.147. The lowest BCUT2D eigenvalue weighted by atomic mass is 10.0. The molecule has 0 aromatic heterocycles. The van der Waals surface area contributed by atoms with Gasteiger partial charge >= 0.3 is 5.97 Å². The first-order valence-electron chi connectivity index (χ1n) is 8.09. The van der Waals surface area contributed by atoms with Crippen LogP contribution in [0.15, 0.2) is 12.1 Å². The zero-order chi connectivity index (χ0) is 17.3. The van der Waals surface area contributed by atoms with Crippen molar-refractivity contribution in [3.8, 4) is 0 Å². The number of nitrogens with one attached hydrogen (secondary N) is 1. The van der Waals surface area contributed by atoms with Crippen LogP contribution in [0.2, 0.25) is 0 Å². The first-order chi connectivity index (χ1) is 10.7. The number of hydrogen-bond donors (Lipinski definition) is 1. The van der Waals surface area contributed by atoms with Gasteiger partial charge in [0.15, 0.2) is 0 Å². The van der Waals surface area contributed by atoms with E-state index in [1.54, 1.807) is 18.7 Å². The Morgan fingerprint density at radius 3 is 2.48 bits per heavy atom. The van der Waals surface area contributed by atoms with E-state index in [-0.39, 0.29) is 23.8 Å². The summed E-state index contributed by atoms with van der Waals surface area (Å²) in [5.74, 6) is -0.221. The van der Waals surface area contributed by atoms with Gasteiger partial charge in [-0.25, -0.2) is 4.79 Å². The van der Waals surface area contributed by atoms with Crippen LogP contribution < -0.4 is 10.2 Å². The first kappa shape index (κ1) is 17.3. The molecule has 5 heteroatoms. The maximum Gasteiger partial charge on any atom is 0.328 e. The smallest absolute Gasteiger partial charge is 0.328 e. The van der Waals surface area contributed by atoms with Gasteiger partial charge in [0.2, 0.25) is 5.91 Å². The number of anilines is 2. The number of nitrogens with zero attached hydrogens (tertiary/aromatic N) is 1. The SMILES string of the molecule is Cc1cc2c(cc1C)N(C(C)C(=O)OCC(C)C)C(=O)C(C)N2. The molecule has 1 aromatic rings. The molecular weight excluding hydrogens is 292 g/mol. The Bertz CT molecular complexity index is 625. The number of carbonyl (C=O) groups excluding carboxylic acids is 2. The molecule has 0 fully saturated rings. The van der Waals surface area contributed by atoms with Gasteiger partial charge in [0.1, 0.15) is 12.1 Å². The van der Waals surface area contributed by atoms with Crippen molar-refractivity contribution in [1.29, 1.82) is 0 Å². The topological polar surface area (TPSA) is 58.6 Å². The molecule has 126 valence electrons. The number of aryl methyl sites for hydroxylation is 2. The minimum absolute atomic E-state index is 0.116. The Balaban J connectivity index is 2.35. The predicted molar refractivity (Wildman–Crippen MR) is 91.7 cm³/mol. The number of rotatable bonds is 4. The second-order valence-corrected chi connectivity index (χ2v) is 6.73. The summed E-state index contributed by atoms with van der Waals surface area (Å²) in [6, 6.07) is 2.96. The highest BCUT2D eigenvalue weighted by Crippen LogP contribution is 2.35. The fourth-order valence-electron chi connectivity index (χ4n) is 2.61. The van der Waals surface area contributed by atoms with E-state index in [0.717, 1.165) is 22.5 Å². The highest BCUT2D eigenvalue weighted by Gasteiger charge is 2.36. The standard InChI is InChI=1S/C18H26N2O3/c1-10(2)9-23-18(22)14(6)20-16-8-12(4)11(3)7-15(16)19-13(5)17(20)21/h7-8,10,13-14,19H,9H2,1-6H3. The van der Waals surface area contributed by atoms with Crippen LogP contribution in [0.4, 0.5) is 11.4 Å². The third-order valence-corrected chi connectivity index (χ3v) is 4.14. The van der Waals surface area contributed by atoms with E-state index in [4.69, 9.17) is 4.74 Å². The Hall–Kier alpha value is -2.04. The Kier molecular flexibility index (Phi) is 4.97. The van der Waals surface area contributed by atoms with E-state index in [0.29, 0.717) is 6.61 Å². The Morgan fingerprint density at radius 2 is 1.87 bits per heavy atom. The monoisotopic (exact) mass is 318 g/mol. The van der Waals surface area contributed by atoms with E-state index in [2.05, 4.69) is 5.32 Å². The molecule has 0 spiro atoms. The van der Waals surface area contributed by atoms with Crippen LogP contribution in [0.1, 0.15) is 38.8 Å². The van der Waals surface area contributed by atoms with E-state index >= 15 is 0 Å². The molecule has 0 bridgehead atoms. The number of carbonyl (C=O) groups is 2. The van der Waals surface area contributed by atoms with Crippen LogP contribution in [0.5, 0.6) is 0 Å². The summed E-state index contributed by atoms with van der Waals surface area (Å²) in [5, 5.41) is 3.21. The number of amides is 1. The molecule has 1 aromatic carbocycles. The summed E-state index contributed by atoms with van der Waals surface area (Å²) in [4.78, 5) is 26.5. The number of benzene rings is 1. The minimum Gasteiger partial charge on any atom is -0.464 e. The van der Waals surface area contributed by atoms with Crippen molar-refractivity contribution in [2.75, 3.05) is 16.8 Å². The van der Waals surface area contributed by atoms with Crippen LogP contribution in [0, 0.1) is 19.8 Å². The van der Waals surface area contributed by atoms with Crippen molar-refractivity contribution < 1.29 is 14.3 Å². The molecule has 2 atom stereocenters. The van der Waals surface area contributed by atoms with Crippen molar-refractivity contribution in [3.05, 3.63) is 23.3 Å². The van der Waals surface area contributed by atoms with Crippen molar-refractivity contribution in [2.24, 2.45) is 5.92 Å². The highest BCUT2D eigenvalue weighted by molar-refractivity contribution is 6.08. The maximum atomic E-state index is 12.6. The summed E-state index contributed by atoms with van der Waals surface area (Å²) in [6.07, 6.45) is 0. The molecule has 1 aliphatic rings. The molecule has 23 heavy (non-hydrogen) atoms. The normalized spacial score (nSPS) is 18.5. The average Bonchev–Trinajstić information content (AvgIpc) is 2.48. The van der Waals surface area contributed by atoms with E-state index in [1.807, 2.05) is 39.8 Å². The molecule has 2 unspecified atom stereocenters. The maximum absolute atomic E-state index is 12.6. The van der Waals surface area contributed by atoms with Crippen LogP contribution in [0.25, 0.3) is 0 Å². The molecule has 0 saturated heterocycles. The molecule has 0 radical (unpaired) electrons. The summed E-state index contributed by atoms with van der Waals surface area (Å²) < 4.78 is 5.32. The van der Waals surface area contributed by atoms with Crippen LogP contribution in [-0.4, -0.2) is 30.6 Å². The molecule has 0 aliphatic carbocycles.